The first-order valence-electron chi connectivity index (χ1n) is 5.56. The van der Waals surface area contributed by atoms with Gasteiger partial charge in [0.05, 0.1) is 10.2 Å². The molecule has 1 aliphatic heterocycles. The molecular weight excluding hydrogens is 300 g/mol. The van der Waals surface area contributed by atoms with E-state index in [1.165, 1.54) is 16.7 Å². The third-order valence-corrected chi connectivity index (χ3v) is 5.65. The summed E-state index contributed by atoms with van der Waals surface area (Å²) in [5.74, 6) is -0.371. The van der Waals surface area contributed by atoms with Gasteiger partial charge in [0.25, 0.3) is 0 Å². The van der Waals surface area contributed by atoms with Gasteiger partial charge in [0.15, 0.2) is 6.04 Å². The fourth-order valence-corrected chi connectivity index (χ4v) is 4.36. The first-order chi connectivity index (χ1) is 9.17. The Balaban J connectivity index is 1.98. The molecule has 2 heterocycles. The van der Waals surface area contributed by atoms with Crippen LogP contribution in [0.25, 0.3) is 10.2 Å². The summed E-state index contributed by atoms with van der Waals surface area (Å²) in [7, 11) is 0. The van der Waals surface area contributed by atoms with E-state index in [0.29, 0.717) is 5.75 Å². The Hall–Kier alpha value is -1.05. The van der Waals surface area contributed by atoms with Crippen LogP contribution in [0.1, 0.15) is 5.01 Å². The molecule has 1 N–H and O–H groups in total. The smallest absolute Gasteiger partial charge is 0.329 e. The van der Waals surface area contributed by atoms with Gasteiger partial charge in [-0.1, -0.05) is 0 Å². The van der Waals surface area contributed by atoms with Gasteiger partial charge < -0.3 is 5.11 Å². The number of thiazole rings is 1. The summed E-state index contributed by atoms with van der Waals surface area (Å²) in [5.41, 5.74) is 0.944. The number of carbonyl (C=O) groups is 1. The zero-order chi connectivity index (χ0) is 13.4. The summed E-state index contributed by atoms with van der Waals surface area (Å²) in [4.78, 5) is 20.8. The van der Waals surface area contributed by atoms with E-state index in [4.69, 9.17) is 5.11 Å². The third kappa shape index (κ3) is 2.50. The molecule has 0 radical (unpaired) electrons. The summed E-state index contributed by atoms with van der Waals surface area (Å²) in [6.45, 7) is 0. The number of aromatic nitrogens is 1. The molecule has 1 aromatic heterocycles. The van der Waals surface area contributed by atoms with Gasteiger partial charge in [0.1, 0.15) is 10.1 Å². The molecule has 1 aliphatic rings. The van der Waals surface area contributed by atoms with Crippen molar-refractivity contribution in [2.45, 2.75) is 10.9 Å². The average molecular weight is 310 g/mol. The van der Waals surface area contributed by atoms with Crippen molar-refractivity contribution in [3.63, 3.8) is 0 Å². The van der Waals surface area contributed by atoms with Crippen LogP contribution in [0.2, 0.25) is 0 Å². The van der Waals surface area contributed by atoms with Crippen molar-refractivity contribution in [2.24, 2.45) is 4.99 Å². The molecule has 4 nitrogen and oxygen atoms in total. The van der Waals surface area contributed by atoms with Crippen molar-refractivity contribution in [3.8, 4) is 0 Å². The number of thioether (sulfide) groups is 2. The molecule has 0 fully saturated rings. The lowest BCUT2D eigenvalue weighted by atomic mass is 10.3. The largest absolute Gasteiger partial charge is 0.480 e. The van der Waals surface area contributed by atoms with Gasteiger partial charge in [-0.2, -0.15) is 0 Å². The average Bonchev–Trinajstić information content (AvgIpc) is 3.04. The van der Waals surface area contributed by atoms with Gasteiger partial charge in [0, 0.05) is 10.6 Å². The standard InChI is InChI=1S/C12H10N2O2S3/c1-17-6-2-3-7-9(4-6)19-11(13-7)10-14-8(5-18-10)12(15)16/h2-4,8H,5H2,1H3,(H,15,16)/t8-/m1/s1. The quantitative estimate of drug-likeness (QED) is 0.883. The Morgan fingerprint density at radius 2 is 2.37 bits per heavy atom. The topological polar surface area (TPSA) is 62.5 Å². The Bertz CT molecular complexity index is 681. The second kappa shape index (κ2) is 5.15. The molecule has 98 valence electrons. The fraction of sp³-hybridized carbons (Fsp3) is 0.250. The first kappa shape index (κ1) is 13.0. The van der Waals surface area contributed by atoms with Gasteiger partial charge >= 0.3 is 5.97 Å². The predicted octanol–water partition coefficient (Wildman–Crippen LogP) is 2.96. The van der Waals surface area contributed by atoms with Gasteiger partial charge in [-0.05, 0) is 24.5 Å². The van der Waals surface area contributed by atoms with Crippen LogP contribution in [-0.4, -0.2) is 39.2 Å². The molecular formula is C12H10N2O2S3. The summed E-state index contributed by atoms with van der Waals surface area (Å²) in [6, 6.07) is 5.51. The molecule has 0 unspecified atom stereocenters. The van der Waals surface area contributed by atoms with E-state index in [0.717, 1.165) is 20.3 Å². The van der Waals surface area contributed by atoms with Crippen LogP contribution in [-0.2, 0) is 4.79 Å². The van der Waals surface area contributed by atoms with E-state index in [1.807, 2.05) is 18.4 Å². The highest BCUT2D eigenvalue weighted by atomic mass is 32.2. The number of hydrogen-bond donors (Lipinski definition) is 1. The lowest BCUT2D eigenvalue weighted by molar-refractivity contribution is -0.137. The number of rotatable bonds is 3. The van der Waals surface area contributed by atoms with E-state index >= 15 is 0 Å². The maximum atomic E-state index is 10.9. The van der Waals surface area contributed by atoms with E-state index in [-0.39, 0.29) is 0 Å². The fourth-order valence-electron chi connectivity index (χ4n) is 1.74. The summed E-state index contributed by atoms with van der Waals surface area (Å²) in [6.07, 6.45) is 2.04. The number of hydrogen-bond acceptors (Lipinski definition) is 6. The second-order valence-corrected chi connectivity index (χ2v) is 6.87. The lowest BCUT2D eigenvalue weighted by Gasteiger charge is -1.93. The van der Waals surface area contributed by atoms with Crippen molar-refractivity contribution in [2.75, 3.05) is 12.0 Å². The van der Waals surface area contributed by atoms with Crippen LogP contribution >= 0.6 is 34.9 Å². The second-order valence-electron chi connectivity index (χ2n) is 3.95. The molecule has 1 aromatic carbocycles. The molecule has 2 aromatic rings. The van der Waals surface area contributed by atoms with Crippen molar-refractivity contribution in [1.29, 1.82) is 0 Å². The molecule has 0 saturated carbocycles. The van der Waals surface area contributed by atoms with Crippen molar-refractivity contribution in [3.05, 3.63) is 23.2 Å². The molecule has 3 rings (SSSR count). The van der Waals surface area contributed by atoms with Gasteiger partial charge in [-0.15, -0.1) is 34.9 Å². The third-order valence-electron chi connectivity index (χ3n) is 2.71. The Morgan fingerprint density at radius 1 is 1.53 bits per heavy atom. The number of carboxylic acid groups (broad SMARTS) is 1. The van der Waals surface area contributed by atoms with Gasteiger partial charge in [-0.3, -0.25) is 4.99 Å². The van der Waals surface area contributed by atoms with E-state index in [9.17, 15) is 4.79 Å². The number of benzene rings is 1. The minimum absolute atomic E-state index is 0.497. The van der Waals surface area contributed by atoms with Crippen LogP contribution in [0.5, 0.6) is 0 Å². The van der Waals surface area contributed by atoms with Gasteiger partial charge in [-0.25, -0.2) is 9.78 Å². The van der Waals surface area contributed by atoms with E-state index < -0.39 is 12.0 Å². The lowest BCUT2D eigenvalue weighted by Crippen LogP contribution is -2.17. The predicted molar refractivity (Wildman–Crippen MR) is 81.8 cm³/mol. The molecule has 0 spiro atoms. The van der Waals surface area contributed by atoms with E-state index in [1.54, 1.807) is 23.1 Å². The molecule has 1 atom stereocenters. The van der Waals surface area contributed by atoms with Crippen molar-refractivity contribution < 1.29 is 9.90 Å². The number of aliphatic carboxylic acids is 1. The Morgan fingerprint density at radius 3 is 3.05 bits per heavy atom. The van der Waals surface area contributed by atoms with Gasteiger partial charge in [0.2, 0.25) is 0 Å². The maximum Gasteiger partial charge on any atom is 0.329 e. The zero-order valence-corrected chi connectivity index (χ0v) is 12.4. The Labute approximate surface area is 122 Å². The minimum atomic E-state index is -0.867. The molecule has 0 saturated heterocycles. The van der Waals surface area contributed by atoms with Crippen LogP contribution in [0.15, 0.2) is 28.1 Å². The number of aliphatic imine (C=N–C) groups is 1. The monoisotopic (exact) mass is 310 g/mol. The zero-order valence-electron chi connectivity index (χ0n) is 9.99. The van der Waals surface area contributed by atoms with Crippen molar-refractivity contribution in [1.82, 2.24) is 4.98 Å². The summed E-state index contributed by atoms with van der Waals surface area (Å²) in [5, 5.41) is 10.5. The number of nitrogens with zero attached hydrogens (tertiary/aromatic N) is 2. The van der Waals surface area contributed by atoms with Crippen LogP contribution in [0, 0.1) is 0 Å². The number of fused-ring (bicyclic) bond motifs is 1. The molecule has 0 bridgehead atoms. The Kier molecular flexibility index (Phi) is 3.51. The normalized spacial score (nSPS) is 18.8. The summed E-state index contributed by atoms with van der Waals surface area (Å²) >= 11 is 4.73. The number of carboxylic acids is 1. The summed E-state index contributed by atoms with van der Waals surface area (Å²) < 4.78 is 1.11. The highest BCUT2D eigenvalue weighted by Crippen LogP contribution is 2.31. The van der Waals surface area contributed by atoms with Crippen molar-refractivity contribution >= 4 is 56.1 Å². The molecule has 19 heavy (non-hydrogen) atoms. The first-order valence-corrected chi connectivity index (χ1v) is 8.58. The molecule has 7 heteroatoms. The van der Waals surface area contributed by atoms with Crippen LogP contribution < -0.4 is 0 Å². The minimum Gasteiger partial charge on any atom is -0.480 e. The van der Waals surface area contributed by atoms with E-state index in [2.05, 4.69) is 16.0 Å². The highest BCUT2D eigenvalue weighted by molar-refractivity contribution is 8.15. The SMILES string of the molecule is CSc1ccc2nc(C3=N[C@@H](C(=O)O)CS3)sc2c1. The molecule has 0 aliphatic carbocycles. The molecule has 0 amide bonds. The maximum absolute atomic E-state index is 10.9. The van der Waals surface area contributed by atoms with Crippen LogP contribution in [0.4, 0.5) is 0 Å². The van der Waals surface area contributed by atoms with Crippen LogP contribution in [0.3, 0.4) is 0 Å². The highest BCUT2D eigenvalue weighted by Gasteiger charge is 2.26.